The summed E-state index contributed by atoms with van der Waals surface area (Å²) in [5, 5.41) is 3.47. The molecule has 118 valence electrons. The number of nitrogens with one attached hydrogen (secondary N) is 1. The second-order valence-electron chi connectivity index (χ2n) is 6.81. The minimum atomic E-state index is 0.0992. The summed E-state index contributed by atoms with van der Waals surface area (Å²) in [6.45, 7) is 12.0. The van der Waals surface area contributed by atoms with Crippen LogP contribution in [-0.4, -0.2) is 29.1 Å². The molecule has 1 fully saturated rings. The van der Waals surface area contributed by atoms with Crippen LogP contribution in [0.3, 0.4) is 0 Å². The first-order valence-electron chi connectivity index (χ1n) is 8.27. The van der Waals surface area contributed by atoms with Crippen LogP contribution in [0.15, 0.2) is 0 Å². The third kappa shape index (κ3) is 3.47. The zero-order valence-electron chi connectivity index (χ0n) is 14.5. The van der Waals surface area contributed by atoms with Gasteiger partial charge in [-0.05, 0) is 46.5 Å². The predicted molar refractivity (Wildman–Crippen MR) is 90.3 cm³/mol. The van der Waals surface area contributed by atoms with Crippen LogP contribution in [-0.2, 0) is 0 Å². The molecule has 21 heavy (non-hydrogen) atoms. The van der Waals surface area contributed by atoms with Crippen LogP contribution < -0.4 is 10.2 Å². The first-order chi connectivity index (χ1) is 9.90. The van der Waals surface area contributed by atoms with Crippen LogP contribution in [0, 0.1) is 6.92 Å². The molecule has 0 radical (unpaired) electrons. The van der Waals surface area contributed by atoms with Gasteiger partial charge in [0.05, 0.1) is 0 Å². The molecular weight excluding hydrogens is 260 g/mol. The molecule has 0 aliphatic heterocycles. The monoisotopic (exact) mass is 290 g/mol. The molecule has 1 N–H and O–H groups in total. The zero-order valence-corrected chi connectivity index (χ0v) is 14.5. The van der Waals surface area contributed by atoms with E-state index in [0.717, 1.165) is 42.4 Å². The lowest BCUT2D eigenvalue weighted by Gasteiger charge is -2.37. The van der Waals surface area contributed by atoms with Crippen molar-refractivity contribution in [1.82, 2.24) is 9.97 Å². The largest absolute Gasteiger partial charge is 0.370 e. The SMILES string of the molecule is CCCNc1nc(C2CC2)nc(N(C)C(C)(C)CC)c1C. The molecule has 0 spiro atoms. The first kappa shape index (κ1) is 16.1. The molecule has 1 aliphatic carbocycles. The summed E-state index contributed by atoms with van der Waals surface area (Å²) in [6, 6.07) is 0. The maximum absolute atomic E-state index is 4.89. The van der Waals surface area contributed by atoms with Crippen molar-refractivity contribution in [2.75, 3.05) is 23.8 Å². The van der Waals surface area contributed by atoms with Crippen LogP contribution in [0.25, 0.3) is 0 Å². The Labute approximate surface area is 129 Å². The molecule has 4 nitrogen and oxygen atoms in total. The summed E-state index contributed by atoms with van der Waals surface area (Å²) in [6.07, 6.45) is 4.66. The Morgan fingerprint density at radius 1 is 1.24 bits per heavy atom. The van der Waals surface area contributed by atoms with Gasteiger partial charge in [-0.2, -0.15) is 0 Å². The number of hydrogen-bond donors (Lipinski definition) is 1. The van der Waals surface area contributed by atoms with Crippen molar-refractivity contribution in [1.29, 1.82) is 0 Å². The smallest absolute Gasteiger partial charge is 0.137 e. The van der Waals surface area contributed by atoms with E-state index in [9.17, 15) is 0 Å². The Morgan fingerprint density at radius 2 is 1.90 bits per heavy atom. The molecule has 1 heterocycles. The lowest BCUT2D eigenvalue weighted by atomic mass is 9.99. The standard InChI is InChI=1S/C17H30N4/c1-7-11-18-14-12(3)16(21(6)17(4,5)8-2)20-15(19-14)13-9-10-13/h13H,7-11H2,1-6H3,(H,18,19,20). The number of hydrogen-bond acceptors (Lipinski definition) is 4. The summed E-state index contributed by atoms with van der Waals surface area (Å²) in [7, 11) is 2.15. The fourth-order valence-electron chi connectivity index (χ4n) is 2.31. The highest BCUT2D eigenvalue weighted by atomic mass is 15.2. The predicted octanol–water partition coefficient (Wildman–Crippen LogP) is 4.11. The van der Waals surface area contributed by atoms with Gasteiger partial charge in [0.25, 0.3) is 0 Å². The summed E-state index contributed by atoms with van der Waals surface area (Å²) >= 11 is 0. The van der Waals surface area contributed by atoms with Gasteiger partial charge in [0.1, 0.15) is 17.5 Å². The number of anilines is 2. The number of aromatic nitrogens is 2. The summed E-state index contributed by atoms with van der Waals surface area (Å²) in [5.74, 6) is 3.69. The van der Waals surface area contributed by atoms with E-state index < -0.39 is 0 Å². The van der Waals surface area contributed by atoms with Crippen molar-refractivity contribution in [2.24, 2.45) is 0 Å². The van der Waals surface area contributed by atoms with Crippen molar-refractivity contribution >= 4 is 11.6 Å². The summed E-state index contributed by atoms with van der Waals surface area (Å²) in [5.41, 5.74) is 1.26. The van der Waals surface area contributed by atoms with E-state index in [4.69, 9.17) is 9.97 Å². The van der Waals surface area contributed by atoms with Crippen LogP contribution in [0.4, 0.5) is 11.6 Å². The molecule has 2 rings (SSSR count). The Bertz CT molecular complexity index is 492. The highest BCUT2D eigenvalue weighted by molar-refractivity contribution is 5.59. The zero-order chi connectivity index (χ0) is 15.6. The van der Waals surface area contributed by atoms with Crippen LogP contribution in [0.1, 0.15) is 70.7 Å². The summed E-state index contributed by atoms with van der Waals surface area (Å²) < 4.78 is 0. The van der Waals surface area contributed by atoms with Gasteiger partial charge in [0, 0.05) is 30.6 Å². The van der Waals surface area contributed by atoms with E-state index in [1.807, 2.05) is 0 Å². The first-order valence-corrected chi connectivity index (χ1v) is 8.27. The number of rotatable bonds is 7. The molecule has 0 bridgehead atoms. The Kier molecular flexibility index (Phi) is 4.74. The Balaban J connectivity index is 2.40. The van der Waals surface area contributed by atoms with Crippen molar-refractivity contribution in [3.05, 3.63) is 11.4 Å². The van der Waals surface area contributed by atoms with Crippen molar-refractivity contribution in [2.45, 2.75) is 71.8 Å². The van der Waals surface area contributed by atoms with E-state index in [1.165, 1.54) is 12.8 Å². The lowest BCUT2D eigenvalue weighted by Crippen LogP contribution is -2.41. The van der Waals surface area contributed by atoms with Crippen LogP contribution in [0.2, 0.25) is 0 Å². The third-order valence-electron chi connectivity index (χ3n) is 4.71. The van der Waals surface area contributed by atoms with Crippen LogP contribution in [0.5, 0.6) is 0 Å². The van der Waals surface area contributed by atoms with Crippen molar-refractivity contribution < 1.29 is 0 Å². The molecule has 0 amide bonds. The minimum absolute atomic E-state index is 0.0992. The molecule has 0 aromatic carbocycles. The molecule has 0 saturated heterocycles. The van der Waals surface area contributed by atoms with Gasteiger partial charge >= 0.3 is 0 Å². The second-order valence-corrected chi connectivity index (χ2v) is 6.81. The Morgan fingerprint density at radius 3 is 2.43 bits per heavy atom. The average molecular weight is 290 g/mol. The average Bonchev–Trinajstić information content (AvgIpc) is 3.30. The molecule has 1 aliphatic rings. The maximum atomic E-state index is 4.89. The lowest BCUT2D eigenvalue weighted by molar-refractivity contribution is 0.466. The van der Waals surface area contributed by atoms with E-state index in [1.54, 1.807) is 0 Å². The maximum Gasteiger partial charge on any atom is 0.137 e. The fraction of sp³-hybridized carbons (Fsp3) is 0.765. The topological polar surface area (TPSA) is 41.1 Å². The van der Waals surface area contributed by atoms with E-state index in [-0.39, 0.29) is 5.54 Å². The normalized spacial score (nSPS) is 15.1. The van der Waals surface area contributed by atoms with Gasteiger partial charge < -0.3 is 10.2 Å². The summed E-state index contributed by atoms with van der Waals surface area (Å²) in [4.78, 5) is 12.0. The van der Waals surface area contributed by atoms with Crippen molar-refractivity contribution in [3.63, 3.8) is 0 Å². The molecule has 0 unspecified atom stereocenters. The molecule has 0 atom stereocenters. The molecule has 1 saturated carbocycles. The highest BCUT2D eigenvalue weighted by Crippen LogP contribution is 2.40. The minimum Gasteiger partial charge on any atom is -0.370 e. The van der Waals surface area contributed by atoms with E-state index in [2.05, 4.69) is 51.9 Å². The fourth-order valence-corrected chi connectivity index (χ4v) is 2.31. The quantitative estimate of drug-likeness (QED) is 0.820. The number of nitrogens with zero attached hydrogens (tertiary/aromatic N) is 3. The Hall–Kier alpha value is -1.32. The molecular formula is C17H30N4. The molecule has 1 aromatic rings. The van der Waals surface area contributed by atoms with Gasteiger partial charge in [-0.25, -0.2) is 9.97 Å². The van der Waals surface area contributed by atoms with Crippen molar-refractivity contribution in [3.8, 4) is 0 Å². The van der Waals surface area contributed by atoms with Gasteiger partial charge in [-0.1, -0.05) is 13.8 Å². The molecule has 4 heteroatoms. The second kappa shape index (κ2) is 6.20. The van der Waals surface area contributed by atoms with E-state index in [0.29, 0.717) is 5.92 Å². The van der Waals surface area contributed by atoms with E-state index >= 15 is 0 Å². The van der Waals surface area contributed by atoms with Gasteiger partial charge in [0.2, 0.25) is 0 Å². The van der Waals surface area contributed by atoms with Gasteiger partial charge in [-0.15, -0.1) is 0 Å². The van der Waals surface area contributed by atoms with Gasteiger partial charge in [-0.3, -0.25) is 0 Å². The molecule has 1 aromatic heterocycles. The third-order valence-corrected chi connectivity index (χ3v) is 4.71. The van der Waals surface area contributed by atoms with Gasteiger partial charge in [0.15, 0.2) is 0 Å². The van der Waals surface area contributed by atoms with Crippen LogP contribution >= 0.6 is 0 Å². The highest BCUT2D eigenvalue weighted by Gasteiger charge is 2.31.